The molecule has 0 spiro atoms. The van der Waals surface area contributed by atoms with Crippen molar-refractivity contribution in [2.75, 3.05) is 26.3 Å². The van der Waals surface area contributed by atoms with Crippen molar-refractivity contribution in [2.24, 2.45) is 0 Å². The second kappa shape index (κ2) is 6.68. The maximum absolute atomic E-state index is 12.6. The van der Waals surface area contributed by atoms with Gasteiger partial charge in [-0.3, -0.25) is 4.79 Å². The topological polar surface area (TPSA) is 29.5 Å². The van der Waals surface area contributed by atoms with E-state index in [0.717, 1.165) is 6.92 Å². The van der Waals surface area contributed by atoms with E-state index in [-0.39, 0.29) is 5.91 Å². The maximum Gasteiger partial charge on any atom is 0.256 e. The molecule has 0 aliphatic carbocycles. The van der Waals surface area contributed by atoms with Crippen LogP contribution in [-0.4, -0.2) is 43.0 Å². The van der Waals surface area contributed by atoms with Crippen LogP contribution in [0.15, 0.2) is 24.3 Å². The lowest BCUT2D eigenvalue weighted by atomic mass is 10.1. The van der Waals surface area contributed by atoms with E-state index in [9.17, 15) is 13.6 Å². The van der Waals surface area contributed by atoms with E-state index in [4.69, 9.17) is 4.74 Å². The van der Waals surface area contributed by atoms with Gasteiger partial charge < -0.3 is 9.64 Å². The van der Waals surface area contributed by atoms with Gasteiger partial charge >= 0.3 is 0 Å². The Kier molecular flexibility index (Phi) is 4.92. The molecule has 112 valence electrons. The number of halogens is 2. The van der Waals surface area contributed by atoms with Crippen LogP contribution in [0.1, 0.15) is 29.3 Å². The molecule has 1 aromatic carbocycles. The van der Waals surface area contributed by atoms with Crippen molar-refractivity contribution < 1.29 is 18.3 Å². The Morgan fingerprint density at radius 3 is 2.48 bits per heavy atom. The van der Waals surface area contributed by atoms with Crippen LogP contribution in [-0.2, 0) is 4.74 Å². The number of hydrogen-bond donors (Lipinski definition) is 0. The van der Waals surface area contributed by atoms with Crippen molar-refractivity contribution in [3.05, 3.63) is 35.4 Å². The van der Waals surface area contributed by atoms with Crippen molar-refractivity contribution in [3.63, 3.8) is 0 Å². The average Bonchev–Trinajstić information content (AvgIpc) is 2.47. The number of carbonyl (C=O) groups excluding carboxylic acids is 1. The van der Waals surface area contributed by atoms with E-state index >= 15 is 0 Å². The Morgan fingerprint density at radius 2 is 1.90 bits per heavy atom. The molecule has 1 heterocycles. The van der Waals surface area contributed by atoms with Crippen LogP contribution in [0.3, 0.4) is 0 Å². The number of amides is 1. The Labute approximate surface area is 122 Å². The lowest BCUT2D eigenvalue weighted by molar-refractivity contribution is 0.0278. The summed E-state index contributed by atoms with van der Waals surface area (Å²) in [7, 11) is 0. The Hall–Kier alpha value is -1.93. The molecule has 1 saturated heterocycles. The third-order valence-corrected chi connectivity index (χ3v) is 3.06. The van der Waals surface area contributed by atoms with E-state index in [1.807, 2.05) is 0 Å². The third kappa shape index (κ3) is 4.83. The fourth-order valence-corrected chi connectivity index (χ4v) is 1.95. The number of morpholine rings is 1. The van der Waals surface area contributed by atoms with E-state index in [2.05, 4.69) is 11.8 Å². The van der Waals surface area contributed by atoms with Crippen LogP contribution in [0.5, 0.6) is 0 Å². The van der Waals surface area contributed by atoms with Crippen LogP contribution < -0.4 is 0 Å². The van der Waals surface area contributed by atoms with Crippen molar-refractivity contribution in [2.45, 2.75) is 19.3 Å². The highest BCUT2D eigenvalue weighted by Gasteiger charge is 2.19. The Morgan fingerprint density at radius 1 is 1.29 bits per heavy atom. The van der Waals surface area contributed by atoms with Gasteiger partial charge in [-0.2, -0.15) is 0 Å². The lowest BCUT2D eigenvalue weighted by Crippen LogP contribution is -2.40. The van der Waals surface area contributed by atoms with Crippen molar-refractivity contribution in [1.29, 1.82) is 0 Å². The zero-order valence-electron chi connectivity index (χ0n) is 11.9. The molecule has 0 unspecified atom stereocenters. The predicted octanol–water partition coefficient (Wildman–Crippen LogP) is 2.56. The first kappa shape index (κ1) is 15.5. The number of hydrogen-bond acceptors (Lipinski definition) is 2. The predicted molar refractivity (Wildman–Crippen MR) is 75.3 cm³/mol. The molecule has 0 aromatic heterocycles. The monoisotopic (exact) mass is 293 g/mol. The van der Waals surface area contributed by atoms with Gasteiger partial charge in [-0.1, -0.05) is 11.8 Å². The number of ether oxygens (including phenoxy) is 1. The summed E-state index contributed by atoms with van der Waals surface area (Å²) in [5.41, 5.74) is 1.20. The summed E-state index contributed by atoms with van der Waals surface area (Å²) in [6.45, 7) is 3.13. The minimum Gasteiger partial charge on any atom is -0.378 e. The number of benzene rings is 1. The quantitative estimate of drug-likeness (QED) is 0.784. The summed E-state index contributed by atoms with van der Waals surface area (Å²) in [5.74, 6) is 2.29. The van der Waals surface area contributed by atoms with Gasteiger partial charge in [0.1, 0.15) is 0 Å². The first-order valence-corrected chi connectivity index (χ1v) is 6.79. The van der Waals surface area contributed by atoms with Crippen molar-refractivity contribution in [1.82, 2.24) is 4.90 Å². The summed E-state index contributed by atoms with van der Waals surface area (Å²) in [4.78, 5) is 13.9. The lowest BCUT2D eigenvalue weighted by Gasteiger charge is -2.26. The molecule has 0 saturated carbocycles. The van der Waals surface area contributed by atoms with E-state index in [1.54, 1.807) is 29.2 Å². The standard InChI is InChI=1S/C16H17F2NO2/c1-16(17,18)8-2-3-13-4-6-14(7-5-13)15(20)19-9-11-21-12-10-19/h4-7H,8-12H2,1H3. The van der Waals surface area contributed by atoms with Gasteiger partial charge in [0.2, 0.25) is 0 Å². The molecular formula is C16H17F2NO2. The van der Waals surface area contributed by atoms with Gasteiger partial charge in [0, 0.05) is 31.1 Å². The fraction of sp³-hybridized carbons (Fsp3) is 0.438. The van der Waals surface area contributed by atoms with Gasteiger partial charge in [0.05, 0.1) is 19.6 Å². The smallest absolute Gasteiger partial charge is 0.256 e. The fourth-order valence-electron chi connectivity index (χ4n) is 1.95. The molecule has 0 radical (unpaired) electrons. The molecule has 0 N–H and O–H groups in total. The molecule has 2 rings (SSSR count). The minimum absolute atomic E-state index is 0.0436. The molecule has 3 nitrogen and oxygen atoms in total. The highest BCUT2D eigenvalue weighted by atomic mass is 19.3. The highest BCUT2D eigenvalue weighted by molar-refractivity contribution is 5.94. The van der Waals surface area contributed by atoms with Gasteiger partial charge in [-0.25, -0.2) is 8.78 Å². The normalized spacial score (nSPS) is 15.3. The summed E-state index contributed by atoms with van der Waals surface area (Å²) in [6.07, 6.45) is -0.471. The molecule has 1 aliphatic heterocycles. The first-order chi connectivity index (χ1) is 9.96. The zero-order chi connectivity index (χ0) is 15.3. The van der Waals surface area contributed by atoms with Crippen molar-refractivity contribution in [3.8, 4) is 11.8 Å². The van der Waals surface area contributed by atoms with Crippen LogP contribution in [0.25, 0.3) is 0 Å². The minimum atomic E-state index is -2.78. The SMILES string of the molecule is CC(F)(F)CC#Cc1ccc(C(=O)N2CCOCC2)cc1. The highest BCUT2D eigenvalue weighted by Crippen LogP contribution is 2.15. The van der Waals surface area contributed by atoms with Crippen LogP contribution >= 0.6 is 0 Å². The molecule has 1 amide bonds. The number of carbonyl (C=O) groups is 1. The van der Waals surface area contributed by atoms with Gasteiger partial charge in [0.15, 0.2) is 0 Å². The summed E-state index contributed by atoms with van der Waals surface area (Å²) < 4.78 is 30.5. The molecule has 1 fully saturated rings. The van der Waals surface area contributed by atoms with E-state index in [0.29, 0.717) is 37.4 Å². The van der Waals surface area contributed by atoms with Crippen LogP contribution in [0.4, 0.5) is 8.78 Å². The molecule has 1 aromatic rings. The van der Waals surface area contributed by atoms with Gasteiger partial charge in [0.25, 0.3) is 11.8 Å². The Balaban J connectivity index is 1.99. The molecular weight excluding hydrogens is 276 g/mol. The summed E-state index contributed by atoms with van der Waals surface area (Å²) >= 11 is 0. The van der Waals surface area contributed by atoms with Gasteiger partial charge in [-0.05, 0) is 24.3 Å². The number of nitrogens with zero attached hydrogens (tertiary/aromatic N) is 1. The Bertz CT molecular complexity index is 546. The largest absolute Gasteiger partial charge is 0.378 e. The average molecular weight is 293 g/mol. The molecule has 5 heteroatoms. The third-order valence-electron chi connectivity index (χ3n) is 3.06. The van der Waals surface area contributed by atoms with Crippen LogP contribution in [0.2, 0.25) is 0 Å². The molecule has 0 atom stereocenters. The number of alkyl halides is 2. The van der Waals surface area contributed by atoms with E-state index in [1.165, 1.54) is 0 Å². The molecule has 1 aliphatic rings. The van der Waals surface area contributed by atoms with Gasteiger partial charge in [-0.15, -0.1) is 0 Å². The van der Waals surface area contributed by atoms with E-state index < -0.39 is 12.3 Å². The number of rotatable bonds is 2. The second-order valence-electron chi connectivity index (χ2n) is 5.03. The summed E-state index contributed by atoms with van der Waals surface area (Å²) in [5, 5.41) is 0. The zero-order valence-corrected chi connectivity index (χ0v) is 11.9. The molecule has 21 heavy (non-hydrogen) atoms. The second-order valence-corrected chi connectivity index (χ2v) is 5.03. The maximum atomic E-state index is 12.6. The molecule has 0 bridgehead atoms. The summed E-state index contributed by atoms with van der Waals surface area (Å²) in [6, 6.07) is 6.70. The van der Waals surface area contributed by atoms with Crippen molar-refractivity contribution >= 4 is 5.91 Å². The van der Waals surface area contributed by atoms with Crippen LogP contribution in [0, 0.1) is 11.8 Å². The first-order valence-electron chi connectivity index (χ1n) is 6.79.